The molecule has 2 rings (SSSR count). The van der Waals surface area contributed by atoms with Crippen molar-refractivity contribution < 1.29 is 14.6 Å². The molecule has 1 heterocycles. The number of hydrogen-bond acceptors (Lipinski definition) is 3. The molecule has 0 aliphatic heterocycles. The Balaban J connectivity index is 1.97. The number of carbonyl (C=O) groups is 1. The highest BCUT2D eigenvalue weighted by Crippen LogP contribution is 2.23. The topological polar surface area (TPSA) is 46.5 Å². The van der Waals surface area contributed by atoms with Crippen molar-refractivity contribution in [2.75, 3.05) is 0 Å². The maximum absolute atomic E-state index is 10.6. The molecule has 0 saturated carbocycles. The van der Waals surface area contributed by atoms with Gasteiger partial charge in [-0.1, -0.05) is 11.6 Å². The molecule has 0 amide bonds. The first-order valence-electron chi connectivity index (χ1n) is 4.85. The van der Waals surface area contributed by atoms with Crippen molar-refractivity contribution in [1.29, 1.82) is 0 Å². The zero-order chi connectivity index (χ0) is 12.3. The summed E-state index contributed by atoms with van der Waals surface area (Å²) < 4.78 is 6.23. The first-order chi connectivity index (χ1) is 8.15. The molecule has 0 spiro atoms. The highest BCUT2D eigenvalue weighted by Gasteiger charge is 2.03. The van der Waals surface area contributed by atoms with E-state index in [1.54, 1.807) is 12.1 Å². The fourth-order valence-electron chi connectivity index (χ4n) is 1.28. The highest BCUT2D eigenvalue weighted by atomic mass is 35.5. The van der Waals surface area contributed by atoms with E-state index in [9.17, 15) is 4.79 Å². The van der Waals surface area contributed by atoms with E-state index in [4.69, 9.17) is 21.4 Å². The molecular formula is C12H9ClO3S. The van der Waals surface area contributed by atoms with Gasteiger partial charge in [0.25, 0.3) is 0 Å². The third-order valence-electron chi connectivity index (χ3n) is 2.11. The van der Waals surface area contributed by atoms with Gasteiger partial charge in [0.15, 0.2) is 0 Å². The first kappa shape index (κ1) is 12.0. The van der Waals surface area contributed by atoms with E-state index in [0.717, 1.165) is 9.21 Å². The fraction of sp³-hybridized carbons (Fsp3) is 0.0833. The van der Waals surface area contributed by atoms with Gasteiger partial charge in [0.2, 0.25) is 0 Å². The largest absolute Gasteiger partial charge is 0.488 e. The lowest BCUT2D eigenvalue weighted by atomic mass is 10.2. The van der Waals surface area contributed by atoms with E-state index in [0.29, 0.717) is 12.4 Å². The monoisotopic (exact) mass is 268 g/mol. The first-order valence-corrected chi connectivity index (χ1v) is 6.05. The molecule has 0 atom stereocenters. The van der Waals surface area contributed by atoms with Crippen molar-refractivity contribution in [3.63, 3.8) is 0 Å². The molecule has 88 valence electrons. The molecular weight excluding hydrogens is 260 g/mol. The van der Waals surface area contributed by atoms with Crippen LogP contribution in [-0.4, -0.2) is 11.1 Å². The minimum absolute atomic E-state index is 0.247. The van der Waals surface area contributed by atoms with E-state index >= 15 is 0 Å². The van der Waals surface area contributed by atoms with Crippen LogP contribution in [0.5, 0.6) is 5.75 Å². The summed E-state index contributed by atoms with van der Waals surface area (Å²) >= 11 is 7.26. The van der Waals surface area contributed by atoms with Crippen LogP contribution in [0, 0.1) is 0 Å². The van der Waals surface area contributed by atoms with E-state index < -0.39 is 5.97 Å². The van der Waals surface area contributed by atoms with Gasteiger partial charge < -0.3 is 9.84 Å². The number of ether oxygens (including phenoxy) is 1. The Bertz CT molecular complexity index is 519. The molecule has 1 N–H and O–H groups in total. The molecule has 0 fully saturated rings. The van der Waals surface area contributed by atoms with E-state index in [1.807, 2.05) is 12.1 Å². The van der Waals surface area contributed by atoms with Crippen LogP contribution >= 0.6 is 22.9 Å². The Kier molecular flexibility index (Phi) is 3.66. The molecule has 2 aromatic rings. The second-order valence-corrected chi connectivity index (χ2v) is 5.12. The van der Waals surface area contributed by atoms with Gasteiger partial charge in [0.05, 0.1) is 9.90 Å². The Morgan fingerprint density at radius 2 is 1.94 bits per heavy atom. The average Bonchev–Trinajstić information content (AvgIpc) is 2.73. The van der Waals surface area contributed by atoms with Crippen LogP contribution in [0.1, 0.15) is 15.2 Å². The van der Waals surface area contributed by atoms with Crippen LogP contribution < -0.4 is 4.74 Å². The number of thiophene rings is 1. The average molecular weight is 269 g/mol. The molecule has 1 aromatic carbocycles. The summed E-state index contributed by atoms with van der Waals surface area (Å²) in [7, 11) is 0. The summed E-state index contributed by atoms with van der Waals surface area (Å²) in [4.78, 5) is 11.7. The zero-order valence-electron chi connectivity index (χ0n) is 8.72. The second-order valence-electron chi connectivity index (χ2n) is 3.32. The van der Waals surface area contributed by atoms with E-state index in [1.165, 1.54) is 23.5 Å². The SMILES string of the molecule is O=C(O)c1ccc(OCc2ccc(Cl)s2)cc1. The fourth-order valence-corrected chi connectivity index (χ4v) is 2.28. The summed E-state index contributed by atoms with van der Waals surface area (Å²) in [5.74, 6) is -0.305. The summed E-state index contributed by atoms with van der Waals surface area (Å²) in [6.07, 6.45) is 0. The summed E-state index contributed by atoms with van der Waals surface area (Å²) in [6, 6.07) is 10.0. The van der Waals surface area contributed by atoms with Gasteiger partial charge in [-0.25, -0.2) is 4.79 Å². The van der Waals surface area contributed by atoms with Crippen molar-refractivity contribution in [3.8, 4) is 5.75 Å². The second kappa shape index (κ2) is 5.21. The normalized spacial score (nSPS) is 10.2. The van der Waals surface area contributed by atoms with Crippen LogP contribution in [-0.2, 0) is 6.61 Å². The lowest BCUT2D eigenvalue weighted by Gasteiger charge is -2.04. The standard InChI is InChI=1S/C12H9ClO3S/c13-11-6-5-10(17-11)7-16-9-3-1-8(2-4-9)12(14)15/h1-6H,7H2,(H,14,15). The number of rotatable bonds is 4. The number of halogens is 1. The Hall–Kier alpha value is -1.52. The molecule has 0 aliphatic rings. The van der Waals surface area contributed by atoms with E-state index in [2.05, 4.69) is 0 Å². The Labute approximate surface area is 107 Å². The molecule has 3 nitrogen and oxygen atoms in total. The van der Waals surface area contributed by atoms with Crippen molar-refractivity contribution in [2.45, 2.75) is 6.61 Å². The van der Waals surface area contributed by atoms with Gasteiger partial charge in [-0.15, -0.1) is 11.3 Å². The summed E-state index contributed by atoms with van der Waals surface area (Å²) in [5.41, 5.74) is 0.247. The minimum Gasteiger partial charge on any atom is -0.488 e. The molecule has 1 aromatic heterocycles. The molecule has 0 bridgehead atoms. The quantitative estimate of drug-likeness (QED) is 0.920. The van der Waals surface area contributed by atoms with Crippen LogP contribution in [0.15, 0.2) is 36.4 Å². The van der Waals surface area contributed by atoms with Crippen molar-refractivity contribution in [2.24, 2.45) is 0 Å². The Morgan fingerprint density at radius 1 is 1.24 bits per heavy atom. The third kappa shape index (κ3) is 3.22. The maximum Gasteiger partial charge on any atom is 0.335 e. The van der Waals surface area contributed by atoms with Crippen LogP contribution in [0.2, 0.25) is 4.34 Å². The zero-order valence-corrected chi connectivity index (χ0v) is 10.3. The van der Waals surface area contributed by atoms with Crippen LogP contribution in [0.4, 0.5) is 0 Å². The Morgan fingerprint density at radius 3 is 2.47 bits per heavy atom. The number of carboxylic acids is 1. The lowest BCUT2D eigenvalue weighted by molar-refractivity contribution is 0.0697. The molecule has 5 heteroatoms. The van der Waals surface area contributed by atoms with Gasteiger partial charge in [0.1, 0.15) is 12.4 Å². The summed E-state index contributed by atoms with van der Waals surface area (Å²) in [5, 5.41) is 8.73. The molecule has 17 heavy (non-hydrogen) atoms. The van der Waals surface area contributed by atoms with Crippen molar-refractivity contribution >= 4 is 28.9 Å². The van der Waals surface area contributed by atoms with Gasteiger partial charge in [-0.2, -0.15) is 0 Å². The van der Waals surface area contributed by atoms with Crippen molar-refractivity contribution in [3.05, 3.63) is 51.2 Å². The lowest BCUT2D eigenvalue weighted by Crippen LogP contribution is -1.97. The molecule has 0 radical (unpaired) electrons. The van der Waals surface area contributed by atoms with Crippen LogP contribution in [0.25, 0.3) is 0 Å². The minimum atomic E-state index is -0.943. The number of benzene rings is 1. The number of hydrogen-bond donors (Lipinski definition) is 1. The highest BCUT2D eigenvalue weighted by molar-refractivity contribution is 7.16. The maximum atomic E-state index is 10.6. The number of carboxylic acid groups (broad SMARTS) is 1. The smallest absolute Gasteiger partial charge is 0.335 e. The predicted molar refractivity (Wildman–Crippen MR) is 67.1 cm³/mol. The number of aromatic carboxylic acids is 1. The predicted octanol–water partition coefficient (Wildman–Crippen LogP) is 3.68. The van der Waals surface area contributed by atoms with Crippen molar-refractivity contribution in [1.82, 2.24) is 0 Å². The molecule has 0 saturated heterocycles. The van der Waals surface area contributed by atoms with Gasteiger partial charge >= 0.3 is 5.97 Å². The van der Waals surface area contributed by atoms with Gasteiger partial charge in [-0.3, -0.25) is 0 Å². The molecule has 0 aliphatic carbocycles. The van der Waals surface area contributed by atoms with Gasteiger partial charge in [0, 0.05) is 4.88 Å². The third-order valence-corrected chi connectivity index (χ3v) is 3.32. The van der Waals surface area contributed by atoms with Gasteiger partial charge in [-0.05, 0) is 36.4 Å². The molecule has 0 unspecified atom stereocenters. The summed E-state index contributed by atoms with van der Waals surface area (Å²) in [6.45, 7) is 0.434. The van der Waals surface area contributed by atoms with Crippen LogP contribution in [0.3, 0.4) is 0 Å². The van der Waals surface area contributed by atoms with E-state index in [-0.39, 0.29) is 5.56 Å².